The maximum atomic E-state index is 12.6. The van der Waals surface area contributed by atoms with E-state index in [1.807, 2.05) is 37.4 Å². The van der Waals surface area contributed by atoms with Gasteiger partial charge in [-0.2, -0.15) is 0 Å². The summed E-state index contributed by atoms with van der Waals surface area (Å²) >= 11 is 0. The van der Waals surface area contributed by atoms with Crippen molar-refractivity contribution in [3.63, 3.8) is 0 Å². The van der Waals surface area contributed by atoms with Crippen LogP contribution in [0.3, 0.4) is 0 Å². The summed E-state index contributed by atoms with van der Waals surface area (Å²) in [6.07, 6.45) is 2.88. The second kappa shape index (κ2) is 5.72. The van der Waals surface area contributed by atoms with Crippen molar-refractivity contribution >= 4 is 5.91 Å². The second-order valence-electron chi connectivity index (χ2n) is 5.93. The van der Waals surface area contributed by atoms with Crippen molar-refractivity contribution in [3.05, 3.63) is 52.9 Å². The quantitative estimate of drug-likeness (QED) is 0.870. The van der Waals surface area contributed by atoms with Gasteiger partial charge in [0.25, 0.3) is 5.91 Å². The molecule has 0 spiro atoms. The summed E-state index contributed by atoms with van der Waals surface area (Å²) in [4.78, 5) is 14.3. The van der Waals surface area contributed by atoms with Gasteiger partial charge >= 0.3 is 0 Å². The average molecular weight is 284 g/mol. The van der Waals surface area contributed by atoms with Crippen LogP contribution in [-0.2, 0) is 19.4 Å². The fraction of sp³-hybridized carbons (Fsp3) is 0.412. The molecule has 0 bridgehead atoms. The number of amides is 1. The molecule has 0 N–H and O–H groups in total. The van der Waals surface area contributed by atoms with Crippen LogP contribution in [0.1, 0.15) is 40.7 Å². The molecule has 1 heterocycles. The molecule has 110 valence electrons. The summed E-state index contributed by atoms with van der Waals surface area (Å²) in [6.45, 7) is 2.79. The van der Waals surface area contributed by atoms with Crippen LogP contribution in [0.4, 0.5) is 0 Å². The zero-order chi connectivity index (χ0) is 14.8. The lowest BCUT2D eigenvalue weighted by Crippen LogP contribution is -2.28. The Labute approximate surface area is 124 Å². The van der Waals surface area contributed by atoms with Crippen LogP contribution in [0.25, 0.3) is 0 Å². The van der Waals surface area contributed by atoms with Gasteiger partial charge in [0, 0.05) is 25.6 Å². The molecule has 3 rings (SSSR count). The van der Waals surface area contributed by atoms with Crippen molar-refractivity contribution in [1.29, 1.82) is 0 Å². The van der Waals surface area contributed by atoms with Crippen LogP contribution in [-0.4, -0.2) is 23.0 Å². The van der Waals surface area contributed by atoms with Crippen LogP contribution in [0.2, 0.25) is 0 Å². The first-order valence-electron chi connectivity index (χ1n) is 7.42. The number of hydrogen-bond donors (Lipinski definition) is 0. The first kappa shape index (κ1) is 13.9. The highest BCUT2D eigenvalue weighted by atomic mass is 16.5. The molecule has 1 unspecified atom stereocenters. The van der Waals surface area contributed by atoms with Crippen LogP contribution in [0.15, 0.2) is 34.9 Å². The van der Waals surface area contributed by atoms with E-state index in [1.165, 1.54) is 0 Å². The molecule has 1 aromatic carbocycles. The zero-order valence-electron chi connectivity index (χ0n) is 12.5. The predicted molar refractivity (Wildman–Crippen MR) is 79.9 cm³/mol. The summed E-state index contributed by atoms with van der Waals surface area (Å²) in [5.41, 5.74) is 2.62. The van der Waals surface area contributed by atoms with Crippen molar-refractivity contribution in [2.75, 3.05) is 7.05 Å². The van der Waals surface area contributed by atoms with Crippen molar-refractivity contribution in [1.82, 2.24) is 10.1 Å². The molecule has 1 aliphatic carbocycles. The molecule has 0 fully saturated rings. The summed E-state index contributed by atoms with van der Waals surface area (Å²) in [7, 11) is 1.81. The van der Waals surface area contributed by atoms with Crippen molar-refractivity contribution in [2.24, 2.45) is 5.92 Å². The Morgan fingerprint density at radius 2 is 2.14 bits per heavy atom. The number of carbonyl (C=O) groups excluding carboxylic acids is 1. The summed E-state index contributed by atoms with van der Waals surface area (Å²) < 4.78 is 5.36. The zero-order valence-corrected chi connectivity index (χ0v) is 12.5. The molecule has 1 aromatic heterocycles. The standard InChI is InChI=1S/C17H20N2O2/c1-12-8-9-15-14(10-12)16(18-21-15)17(20)19(2)11-13-6-4-3-5-7-13/h3-7,12H,8-11H2,1-2H3. The van der Waals surface area contributed by atoms with Gasteiger partial charge in [-0.15, -0.1) is 0 Å². The Morgan fingerprint density at radius 1 is 1.38 bits per heavy atom. The van der Waals surface area contributed by atoms with Gasteiger partial charge in [0.2, 0.25) is 0 Å². The van der Waals surface area contributed by atoms with Crippen LogP contribution >= 0.6 is 0 Å². The molecular formula is C17H20N2O2. The summed E-state index contributed by atoms with van der Waals surface area (Å²) in [5.74, 6) is 1.42. The molecule has 4 heteroatoms. The van der Waals surface area contributed by atoms with Crippen molar-refractivity contribution < 1.29 is 9.32 Å². The molecule has 0 radical (unpaired) electrons. The fourth-order valence-corrected chi connectivity index (χ4v) is 2.86. The lowest BCUT2D eigenvalue weighted by atomic mass is 9.88. The number of hydrogen-bond acceptors (Lipinski definition) is 3. The monoisotopic (exact) mass is 284 g/mol. The van der Waals surface area contributed by atoms with Gasteiger partial charge in [-0.05, 0) is 24.3 Å². The normalized spacial score (nSPS) is 17.3. The second-order valence-corrected chi connectivity index (χ2v) is 5.93. The Bertz CT molecular complexity index is 633. The Kier molecular flexibility index (Phi) is 3.78. The van der Waals surface area contributed by atoms with Gasteiger partial charge in [-0.25, -0.2) is 0 Å². The van der Waals surface area contributed by atoms with Gasteiger partial charge in [-0.1, -0.05) is 42.4 Å². The number of fused-ring (bicyclic) bond motifs is 1. The molecule has 0 saturated heterocycles. The molecule has 0 aliphatic heterocycles. The lowest BCUT2D eigenvalue weighted by Gasteiger charge is -2.19. The van der Waals surface area contributed by atoms with Gasteiger partial charge in [0.05, 0.1) is 0 Å². The number of nitrogens with zero attached hydrogens (tertiary/aromatic N) is 2. The summed E-state index contributed by atoms with van der Waals surface area (Å²) in [6, 6.07) is 9.97. The highest BCUT2D eigenvalue weighted by Crippen LogP contribution is 2.28. The molecule has 0 saturated carbocycles. The minimum Gasteiger partial charge on any atom is -0.360 e. The van der Waals surface area contributed by atoms with Crippen LogP contribution in [0, 0.1) is 5.92 Å². The largest absolute Gasteiger partial charge is 0.360 e. The van der Waals surface area contributed by atoms with E-state index in [9.17, 15) is 4.79 Å². The summed E-state index contributed by atoms with van der Waals surface area (Å²) in [5, 5.41) is 4.03. The Hall–Kier alpha value is -2.10. The van der Waals surface area contributed by atoms with E-state index in [1.54, 1.807) is 4.90 Å². The van der Waals surface area contributed by atoms with E-state index in [0.29, 0.717) is 18.2 Å². The molecule has 21 heavy (non-hydrogen) atoms. The van der Waals surface area contributed by atoms with E-state index in [0.717, 1.165) is 36.1 Å². The third-order valence-electron chi connectivity index (χ3n) is 4.10. The predicted octanol–water partition coefficient (Wildman–Crippen LogP) is 3.07. The molecule has 2 aromatic rings. The van der Waals surface area contributed by atoms with E-state index in [-0.39, 0.29) is 5.91 Å². The average Bonchev–Trinajstić information content (AvgIpc) is 2.90. The SMILES string of the molecule is CC1CCc2onc(C(=O)N(C)Cc3ccccc3)c2C1. The van der Waals surface area contributed by atoms with Crippen LogP contribution < -0.4 is 0 Å². The van der Waals surface area contributed by atoms with Crippen molar-refractivity contribution in [3.8, 4) is 0 Å². The third-order valence-corrected chi connectivity index (χ3v) is 4.10. The minimum atomic E-state index is -0.0575. The minimum absolute atomic E-state index is 0.0575. The molecule has 4 nitrogen and oxygen atoms in total. The first-order chi connectivity index (χ1) is 10.1. The molecule has 1 aliphatic rings. The number of carbonyl (C=O) groups is 1. The highest BCUT2D eigenvalue weighted by Gasteiger charge is 2.28. The number of aryl methyl sites for hydroxylation is 1. The maximum Gasteiger partial charge on any atom is 0.276 e. The van der Waals surface area contributed by atoms with Gasteiger partial charge < -0.3 is 9.42 Å². The smallest absolute Gasteiger partial charge is 0.276 e. The molecular weight excluding hydrogens is 264 g/mol. The molecule has 1 atom stereocenters. The number of aromatic nitrogens is 1. The van der Waals surface area contributed by atoms with E-state index in [2.05, 4.69) is 12.1 Å². The van der Waals surface area contributed by atoms with Crippen LogP contribution in [0.5, 0.6) is 0 Å². The van der Waals surface area contributed by atoms with E-state index in [4.69, 9.17) is 4.52 Å². The van der Waals surface area contributed by atoms with E-state index < -0.39 is 0 Å². The first-order valence-corrected chi connectivity index (χ1v) is 7.42. The highest BCUT2D eigenvalue weighted by molar-refractivity contribution is 5.93. The lowest BCUT2D eigenvalue weighted by molar-refractivity contribution is 0.0773. The fourth-order valence-electron chi connectivity index (χ4n) is 2.86. The maximum absolute atomic E-state index is 12.6. The third kappa shape index (κ3) is 2.84. The van der Waals surface area contributed by atoms with E-state index >= 15 is 0 Å². The topological polar surface area (TPSA) is 46.3 Å². The Morgan fingerprint density at radius 3 is 2.90 bits per heavy atom. The van der Waals surface area contributed by atoms with Gasteiger partial charge in [-0.3, -0.25) is 4.79 Å². The number of benzene rings is 1. The van der Waals surface area contributed by atoms with Crippen molar-refractivity contribution in [2.45, 2.75) is 32.7 Å². The van der Waals surface area contributed by atoms with Gasteiger partial charge in [0.15, 0.2) is 5.69 Å². The Balaban J connectivity index is 1.78. The molecule has 1 amide bonds. The number of rotatable bonds is 3. The van der Waals surface area contributed by atoms with Gasteiger partial charge in [0.1, 0.15) is 5.76 Å².